The van der Waals surface area contributed by atoms with Crippen LogP contribution >= 0.6 is 11.8 Å². The molecule has 1 aliphatic rings. The lowest BCUT2D eigenvalue weighted by Crippen LogP contribution is -2.18. The Labute approximate surface area is 133 Å². The van der Waals surface area contributed by atoms with Gasteiger partial charge in [-0.2, -0.15) is 0 Å². The fraction of sp³-hybridized carbons (Fsp3) is 0.526. The van der Waals surface area contributed by atoms with Crippen molar-refractivity contribution in [1.82, 2.24) is 0 Å². The average Bonchev–Trinajstić information content (AvgIpc) is 2.55. The van der Waals surface area contributed by atoms with E-state index >= 15 is 0 Å². The Balaban J connectivity index is 2.07. The van der Waals surface area contributed by atoms with Gasteiger partial charge in [0, 0.05) is 10.8 Å². The summed E-state index contributed by atoms with van der Waals surface area (Å²) in [5.74, 6) is 0.655. The van der Waals surface area contributed by atoms with Crippen molar-refractivity contribution < 1.29 is 4.79 Å². The highest BCUT2D eigenvalue weighted by molar-refractivity contribution is 8.04. The van der Waals surface area contributed by atoms with E-state index in [0.29, 0.717) is 5.78 Å². The molecule has 2 rings (SSSR count). The van der Waals surface area contributed by atoms with Crippen molar-refractivity contribution in [2.45, 2.75) is 63.2 Å². The van der Waals surface area contributed by atoms with Gasteiger partial charge in [-0.3, -0.25) is 4.79 Å². The third-order valence-electron chi connectivity index (χ3n) is 4.08. The van der Waals surface area contributed by atoms with Crippen molar-refractivity contribution in [2.24, 2.45) is 5.92 Å². The lowest BCUT2D eigenvalue weighted by molar-refractivity contribution is -0.119. The second-order valence-corrected chi connectivity index (χ2v) is 6.94. The quantitative estimate of drug-likeness (QED) is 0.349. The van der Waals surface area contributed by atoms with Crippen LogP contribution in [0.3, 0.4) is 0 Å². The number of Topliss-reactive ketones (excluding diaryl/α,β-unsaturated/α-hetero) is 1. The molecule has 1 aliphatic carbocycles. The lowest BCUT2D eigenvalue weighted by Gasteiger charge is -2.21. The summed E-state index contributed by atoms with van der Waals surface area (Å²) in [5.41, 5.74) is 0. The molecule has 2 heteroatoms. The molecule has 0 spiro atoms. The molecule has 21 heavy (non-hydrogen) atoms. The van der Waals surface area contributed by atoms with Crippen LogP contribution in [0.2, 0.25) is 0 Å². The van der Waals surface area contributed by atoms with Gasteiger partial charge in [0.05, 0.1) is 4.91 Å². The largest absolute Gasteiger partial charge is 0.293 e. The van der Waals surface area contributed by atoms with E-state index in [0.717, 1.165) is 30.6 Å². The molecule has 0 heterocycles. The number of carbonyl (C=O) groups is 1. The van der Waals surface area contributed by atoms with E-state index < -0.39 is 0 Å². The number of hydrogen-bond donors (Lipinski definition) is 0. The Morgan fingerprint density at radius 3 is 2.57 bits per heavy atom. The highest BCUT2D eigenvalue weighted by Gasteiger charge is 2.24. The fourth-order valence-electron chi connectivity index (χ4n) is 2.81. The van der Waals surface area contributed by atoms with Crippen molar-refractivity contribution in [3.63, 3.8) is 0 Å². The van der Waals surface area contributed by atoms with E-state index in [1.807, 2.05) is 18.2 Å². The van der Waals surface area contributed by atoms with Crippen LogP contribution in [0, 0.1) is 5.92 Å². The number of carbonyl (C=O) groups excluding carboxylic acids is 1. The summed E-state index contributed by atoms with van der Waals surface area (Å²) in [7, 11) is 0. The first-order valence-corrected chi connectivity index (χ1v) is 9.10. The second-order valence-electron chi connectivity index (χ2n) is 5.82. The lowest BCUT2D eigenvalue weighted by atomic mass is 9.86. The molecular formula is C19H26OS. The van der Waals surface area contributed by atoms with E-state index in [2.05, 4.69) is 25.1 Å². The Bertz CT molecular complexity index is 458. The number of benzene rings is 1. The molecule has 114 valence electrons. The minimum absolute atomic E-state index is 0.267. The fourth-order valence-corrected chi connectivity index (χ4v) is 3.83. The minimum atomic E-state index is 0.267. The van der Waals surface area contributed by atoms with Crippen LogP contribution in [0.1, 0.15) is 58.3 Å². The molecule has 0 unspecified atom stereocenters. The van der Waals surface area contributed by atoms with Crippen molar-refractivity contribution in [3.05, 3.63) is 41.3 Å². The predicted octanol–water partition coefficient (Wildman–Crippen LogP) is 6.00. The van der Waals surface area contributed by atoms with Gasteiger partial charge in [-0.25, -0.2) is 0 Å². The Hall–Kier alpha value is -1.02. The first kappa shape index (κ1) is 16.4. The molecule has 1 fully saturated rings. The number of rotatable bonds is 7. The molecule has 1 aromatic carbocycles. The van der Waals surface area contributed by atoms with Gasteiger partial charge in [0.25, 0.3) is 0 Å². The van der Waals surface area contributed by atoms with Crippen LogP contribution in [0.25, 0.3) is 0 Å². The van der Waals surface area contributed by atoms with Gasteiger partial charge in [0.15, 0.2) is 5.78 Å². The van der Waals surface area contributed by atoms with Crippen LogP contribution in [-0.2, 0) is 4.79 Å². The SMILES string of the molecule is CCCC/C=C(\Sc1ccccc1)C(=O)C1CCCCC1. The van der Waals surface area contributed by atoms with E-state index in [1.165, 1.54) is 30.6 Å². The smallest absolute Gasteiger partial charge is 0.172 e. The first-order valence-electron chi connectivity index (χ1n) is 8.28. The molecule has 0 radical (unpaired) electrons. The van der Waals surface area contributed by atoms with Crippen LogP contribution < -0.4 is 0 Å². The molecule has 0 aliphatic heterocycles. The predicted molar refractivity (Wildman–Crippen MR) is 91.5 cm³/mol. The van der Waals surface area contributed by atoms with E-state index in [4.69, 9.17) is 0 Å². The van der Waals surface area contributed by atoms with Gasteiger partial charge in [0.2, 0.25) is 0 Å². The molecule has 0 amide bonds. The molecule has 1 aromatic rings. The topological polar surface area (TPSA) is 17.1 Å². The average molecular weight is 302 g/mol. The van der Waals surface area contributed by atoms with Crippen molar-refractivity contribution in [1.29, 1.82) is 0 Å². The maximum Gasteiger partial charge on any atom is 0.172 e. The summed E-state index contributed by atoms with van der Waals surface area (Å²) in [5, 5.41) is 0. The van der Waals surface area contributed by atoms with Crippen molar-refractivity contribution >= 4 is 17.5 Å². The molecule has 0 bridgehead atoms. The zero-order valence-electron chi connectivity index (χ0n) is 13.0. The zero-order valence-corrected chi connectivity index (χ0v) is 13.8. The van der Waals surface area contributed by atoms with E-state index in [-0.39, 0.29) is 5.92 Å². The molecular weight excluding hydrogens is 276 g/mol. The minimum Gasteiger partial charge on any atom is -0.293 e. The first-order chi connectivity index (χ1) is 10.3. The molecule has 0 aromatic heterocycles. The molecule has 1 saturated carbocycles. The number of allylic oxidation sites excluding steroid dienone is 2. The van der Waals surface area contributed by atoms with Crippen LogP contribution in [0.5, 0.6) is 0 Å². The third-order valence-corrected chi connectivity index (χ3v) is 5.17. The molecule has 0 saturated heterocycles. The molecule has 1 nitrogen and oxygen atoms in total. The number of ketones is 1. The summed E-state index contributed by atoms with van der Waals surface area (Å²) < 4.78 is 0. The standard InChI is InChI=1S/C19H26OS/c1-2-3-6-15-18(21-17-13-9-5-10-14-17)19(20)16-11-7-4-8-12-16/h5,9-10,13-16H,2-4,6-8,11-12H2,1H3/b18-15-. The van der Waals surface area contributed by atoms with Crippen LogP contribution in [0.15, 0.2) is 46.2 Å². The van der Waals surface area contributed by atoms with Crippen LogP contribution in [0.4, 0.5) is 0 Å². The van der Waals surface area contributed by atoms with Crippen LogP contribution in [-0.4, -0.2) is 5.78 Å². The summed E-state index contributed by atoms with van der Waals surface area (Å²) in [6.07, 6.45) is 11.4. The summed E-state index contributed by atoms with van der Waals surface area (Å²) in [6, 6.07) is 10.3. The maximum atomic E-state index is 12.8. The number of hydrogen-bond acceptors (Lipinski definition) is 2. The van der Waals surface area contributed by atoms with Gasteiger partial charge in [-0.1, -0.05) is 75.1 Å². The van der Waals surface area contributed by atoms with E-state index in [9.17, 15) is 4.79 Å². The van der Waals surface area contributed by atoms with Gasteiger partial charge >= 0.3 is 0 Å². The third kappa shape index (κ3) is 5.35. The van der Waals surface area contributed by atoms with Gasteiger partial charge in [-0.05, 0) is 31.4 Å². The van der Waals surface area contributed by atoms with Crippen molar-refractivity contribution in [3.8, 4) is 0 Å². The monoisotopic (exact) mass is 302 g/mol. The highest BCUT2D eigenvalue weighted by Crippen LogP contribution is 2.34. The Kier molecular flexibility index (Phi) is 7.08. The Morgan fingerprint density at radius 2 is 1.90 bits per heavy atom. The normalized spacial score (nSPS) is 16.9. The number of thioether (sulfide) groups is 1. The molecule has 0 N–H and O–H groups in total. The van der Waals surface area contributed by atoms with Gasteiger partial charge < -0.3 is 0 Å². The zero-order chi connectivity index (χ0) is 14.9. The van der Waals surface area contributed by atoms with Gasteiger partial charge in [0.1, 0.15) is 0 Å². The Morgan fingerprint density at radius 1 is 1.19 bits per heavy atom. The van der Waals surface area contributed by atoms with Crippen molar-refractivity contribution in [2.75, 3.05) is 0 Å². The summed E-state index contributed by atoms with van der Waals surface area (Å²) >= 11 is 1.65. The summed E-state index contributed by atoms with van der Waals surface area (Å²) in [6.45, 7) is 2.20. The second kappa shape index (κ2) is 9.09. The summed E-state index contributed by atoms with van der Waals surface area (Å²) in [4.78, 5) is 15.0. The number of unbranched alkanes of at least 4 members (excludes halogenated alkanes) is 2. The van der Waals surface area contributed by atoms with Gasteiger partial charge in [-0.15, -0.1) is 0 Å². The van der Waals surface area contributed by atoms with E-state index in [1.54, 1.807) is 11.8 Å². The molecule has 0 atom stereocenters. The highest BCUT2D eigenvalue weighted by atomic mass is 32.2. The maximum absolute atomic E-state index is 12.8.